The van der Waals surface area contributed by atoms with Gasteiger partial charge in [0.1, 0.15) is 6.04 Å². The Labute approximate surface area is 169 Å². The van der Waals surface area contributed by atoms with Gasteiger partial charge in [0, 0.05) is 18.3 Å². The summed E-state index contributed by atoms with van der Waals surface area (Å²) in [6.45, 7) is 3.52. The molecule has 9 heteroatoms. The summed E-state index contributed by atoms with van der Waals surface area (Å²) in [6, 6.07) is 4.35. The van der Waals surface area contributed by atoms with Gasteiger partial charge in [0.15, 0.2) is 0 Å². The van der Waals surface area contributed by atoms with Gasteiger partial charge in [0.25, 0.3) is 0 Å². The van der Waals surface area contributed by atoms with Crippen molar-refractivity contribution in [3.05, 3.63) is 33.8 Å². The topological polar surface area (TPSA) is 110 Å². The van der Waals surface area contributed by atoms with Crippen molar-refractivity contribution >= 4 is 47.7 Å². The Morgan fingerprint density at radius 2 is 2.08 bits per heavy atom. The number of rotatable bonds is 6. The Morgan fingerprint density at radius 3 is 2.54 bits per heavy atom. The van der Waals surface area contributed by atoms with Crippen molar-refractivity contribution in [2.75, 3.05) is 18.8 Å². The molecule has 1 aliphatic heterocycles. The summed E-state index contributed by atoms with van der Waals surface area (Å²) >= 11 is 15.4. The van der Waals surface area contributed by atoms with Crippen LogP contribution in [0.4, 0.5) is 0 Å². The quantitative estimate of drug-likeness (QED) is 0.527. The molecule has 0 radical (unpaired) electrons. The Morgan fingerprint density at radius 1 is 1.42 bits per heavy atom. The minimum absolute atomic E-state index is 0.0363. The normalized spacial score (nSPS) is 21.0. The van der Waals surface area contributed by atoms with Crippen molar-refractivity contribution < 1.29 is 14.7 Å². The smallest absolute Gasteiger partial charge is 0.321 e. The van der Waals surface area contributed by atoms with Crippen molar-refractivity contribution in [1.82, 2.24) is 4.90 Å². The van der Waals surface area contributed by atoms with Crippen LogP contribution in [-0.4, -0.2) is 52.8 Å². The number of carboxylic acids is 1. The number of amides is 1. The highest BCUT2D eigenvalue weighted by molar-refractivity contribution is 7.80. The first-order chi connectivity index (χ1) is 12.2. The molecule has 1 aromatic rings. The lowest BCUT2D eigenvalue weighted by atomic mass is 9.97. The highest BCUT2D eigenvalue weighted by atomic mass is 35.5. The number of hydrogen-bond donors (Lipinski definition) is 4. The Kier molecular flexibility index (Phi) is 9.74. The molecule has 1 aromatic carbocycles. The van der Waals surface area contributed by atoms with E-state index in [0.29, 0.717) is 17.3 Å². The molecule has 1 heterocycles. The molecule has 5 N–H and O–H groups in total. The second kappa shape index (κ2) is 11.0. The van der Waals surface area contributed by atoms with Gasteiger partial charge in [-0.2, -0.15) is 12.6 Å². The SMILES string of the molecule is CC[C@H]1CCN(C[C@@H](N)CS)[C@@H]1C(=O)O.NC(=O)c1cccc(Cl)c1Cl. The summed E-state index contributed by atoms with van der Waals surface area (Å²) in [7, 11) is 0. The molecule has 2 rings (SSSR count). The van der Waals surface area contributed by atoms with Crippen LogP contribution in [0.2, 0.25) is 10.0 Å². The van der Waals surface area contributed by atoms with Crippen LogP contribution in [0.5, 0.6) is 0 Å². The molecule has 3 atom stereocenters. The number of likely N-dealkylation sites (tertiary alicyclic amines) is 1. The fourth-order valence-electron chi connectivity index (χ4n) is 2.97. The number of nitrogens with two attached hydrogens (primary N) is 2. The minimum atomic E-state index is -0.717. The first-order valence-corrected chi connectivity index (χ1v) is 9.68. The number of nitrogens with zero attached hydrogens (tertiary/aromatic N) is 1. The molecule has 0 spiro atoms. The predicted octanol–water partition coefficient (Wildman–Crippen LogP) is 2.52. The Balaban J connectivity index is 0.000000273. The third-order valence-electron chi connectivity index (χ3n) is 4.32. The zero-order valence-corrected chi connectivity index (χ0v) is 17.0. The van der Waals surface area contributed by atoms with E-state index in [0.717, 1.165) is 19.4 Å². The molecule has 26 heavy (non-hydrogen) atoms. The van der Waals surface area contributed by atoms with Gasteiger partial charge in [-0.3, -0.25) is 14.5 Å². The van der Waals surface area contributed by atoms with E-state index in [-0.39, 0.29) is 28.6 Å². The van der Waals surface area contributed by atoms with Crippen LogP contribution < -0.4 is 11.5 Å². The van der Waals surface area contributed by atoms with E-state index in [1.807, 2.05) is 11.8 Å². The largest absolute Gasteiger partial charge is 0.480 e. The summed E-state index contributed by atoms with van der Waals surface area (Å²) in [5.41, 5.74) is 11.0. The fraction of sp³-hybridized carbons (Fsp3) is 0.529. The number of aliphatic carboxylic acids is 1. The maximum Gasteiger partial charge on any atom is 0.321 e. The maximum atomic E-state index is 11.1. The average molecular weight is 422 g/mol. The van der Waals surface area contributed by atoms with Gasteiger partial charge in [0.05, 0.1) is 15.6 Å². The second-order valence-corrected chi connectivity index (χ2v) is 7.29. The van der Waals surface area contributed by atoms with E-state index >= 15 is 0 Å². The monoisotopic (exact) mass is 421 g/mol. The van der Waals surface area contributed by atoms with Crippen molar-refractivity contribution in [1.29, 1.82) is 0 Å². The van der Waals surface area contributed by atoms with E-state index in [4.69, 9.17) is 39.8 Å². The molecule has 0 unspecified atom stereocenters. The van der Waals surface area contributed by atoms with Crippen LogP contribution >= 0.6 is 35.8 Å². The van der Waals surface area contributed by atoms with E-state index in [2.05, 4.69) is 12.6 Å². The molecule has 6 nitrogen and oxygen atoms in total. The standard InChI is InChI=1S/C10H20N2O2S.C7H5Cl2NO/c1-2-7-3-4-12(5-8(11)6-15)9(7)10(13)14;8-5-3-1-2-4(6(5)9)7(10)11/h7-9,15H,2-6,11H2,1H3,(H,13,14);1-3H,(H2,10,11)/t7-,8+,9-;/m0./s1. The number of hydrogen-bond acceptors (Lipinski definition) is 5. The van der Waals surface area contributed by atoms with Crippen molar-refractivity contribution in [2.24, 2.45) is 17.4 Å². The number of halogens is 2. The lowest BCUT2D eigenvalue weighted by Gasteiger charge is -2.26. The maximum absolute atomic E-state index is 11.1. The van der Waals surface area contributed by atoms with E-state index in [1.165, 1.54) is 6.07 Å². The zero-order chi connectivity index (χ0) is 19.9. The summed E-state index contributed by atoms with van der Waals surface area (Å²) in [5.74, 6) is -0.419. The van der Waals surface area contributed by atoms with Gasteiger partial charge in [-0.1, -0.05) is 42.6 Å². The summed E-state index contributed by atoms with van der Waals surface area (Å²) in [6.07, 6.45) is 1.89. The van der Waals surface area contributed by atoms with Gasteiger partial charge in [-0.25, -0.2) is 0 Å². The molecular weight excluding hydrogens is 397 g/mol. The number of carboxylic acid groups (broad SMARTS) is 1. The van der Waals surface area contributed by atoms with Crippen molar-refractivity contribution in [2.45, 2.75) is 31.8 Å². The molecule has 0 aromatic heterocycles. The van der Waals surface area contributed by atoms with Crippen LogP contribution in [0, 0.1) is 5.92 Å². The first-order valence-electron chi connectivity index (χ1n) is 8.29. The molecule has 1 saturated heterocycles. The second-order valence-electron chi connectivity index (χ2n) is 6.14. The third-order valence-corrected chi connectivity index (χ3v) is 5.61. The number of thiol groups is 1. The first kappa shape index (κ1) is 23.0. The number of carbonyl (C=O) groups is 2. The number of benzene rings is 1. The highest BCUT2D eigenvalue weighted by Crippen LogP contribution is 2.27. The van der Waals surface area contributed by atoms with Crippen LogP contribution in [0.25, 0.3) is 0 Å². The van der Waals surface area contributed by atoms with Crippen LogP contribution in [0.3, 0.4) is 0 Å². The molecular formula is C17H25Cl2N3O3S. The molecule has 1 aliphatic rings. The Bertz CT molecular complexity index is 633. The zero-order valence-electron chi connectivity index (χ0n) is 14.6. The molecule has 1 fully saturated rings. The van der Waals surface area contributed by atoms with Crippen LogP contribution in [-0.2, 0) is 4.79 Å². The summed E-state index contributed by atoms with van der Waals surface area (Å²) < 4.78 is 0. The lowest BCUT2D eigenvalue weighted by molar-refractivity contribution is -0.143. The minimum Gasteiger partial charge on any atom is -0.480 e. The molecule has 1 amide bonds. The van der Waals surface area contributed by atoms with Crippen molar-refractivity contribution in [3.63, 3.8) is 0 Å². The molecule has 0 aliphatic carbocycles. The van der Waals surface area contributed by atoms with Gasteiger partial charge in [-0.15, -0.1) is 0 Å². The van der Waals surface area contributed by atoms with Gasteiger partial charge in [-0.05, 0) is 31.0 Å². The average Bonchev–Trinajstić information content (AvgIpc) is 3.00. The van der Waals surface area contributed by atoms with Crippen molar-refractivity contribution in [3.8, 4) is 0 Å². The number of primary amides is 1. The predicted molar refractivity (Wildman–Crippen MR) is 108 cm³/mol. The van der Waals surface area contributed by atoms with E-state index in [1.54, 1.807) is 12.1 Å². The Hall–Kier alpha value is -0.990. The highest BCUT2D eigenvalue weighted by Gasteiger charge is 2.38. The van der Waals surface area contributed by atoms with Gasteiger partial charge < -0.3 is 16.6 Å². The molecule has 0 saturated carbocycles. The van der Waals surface area contributed by atoms with Gasteiger partial charge >= 0.3 is 5.97 Å². The lowest BCUT2D eigenvalue weighted by Crippen LogP contribution is -2.46. The molecule has 146 valence electrons. The van der Waals surface area contributed by atoms with Crippen LogP contribution in [0.15, 0.2) is 18.2 Å². The van der Waals surface area contributed by atoms with E-state index < -0.39 is 11.9 Å². The fourth-order valence-corrected chi connectivity index (χ4v) is 3.48. The summed E-state index contributed by atoms with van der Waals surface area (Å²) in [4.78, 5) is 23.8. The van der Waals surface area contributed by atoms with E-state index in [9.17, 15) is 9.59 Å². The number of carbonyl (C=O) groups excluding carboxylic acids is 1. The molecule has 0 bridgehead atoms. The van der Waals surface area contributed by atoms with Crippen LogP contribution in [0.1, 0.15) is 30.1 Å². The van der Waals surface area contributed by atoms with Gasteiger partial charge in [0.2, 0.25) is 5.91 Å². The summed E-state index contributed by atoms with van der Waals surface area (Å²) in [5, 5.41) is 9.72. The third kappa shape index (κ3) is 6.32.